The largest absolute Gasteiger partial charge is 0.496 e. The van der Waals surface area contributed by atoms with Crippen LogP contribution in [0, 0.1) is 0 Å². The van der Waals surface area contributed by atoms with Gasteiger partial charge in [-0.05, 0) is 31.2 Å². The molecule has 0 saturated carbocycles. The Morgan fingerprint density at radius 3 is 2.28 bits per heavy atom. The zero-order valence-electron chi connectivity index (χ0n) is 17.0. The van der Waals surface area contributed by atoms with Gasteiger partial charge in [0.1, 0.15) is 17.5 Å². The van der Waals surface area contributed by atoms with Gasteiger partial charge in [-0.15, -0.1) is 0 Å². The quantitative estimate of drug-likeness (QED) is 0.630. The van der Waals surface area contributed by atoms with Crippen LogP contribution in [0.25, 0.3) is 0 Å². The number of rotatable bonds is 8. The molecule has 0 N–H and O–H groups in total. The summed E-state index contributed by atoms with van der Waals surface area (Å²) in [7, 11) is 0.886. The fraction of sp³-hybridized carbons (Fsp3) is 0.350. The van der Waals surface area contributed by atoms with Crippen LogP contribution in [0.2, 0.25) is 5.02 Å². The van der Waals surface area contributed by atoms with Gasteiger partial charge in [-0.3, -0.25) is 9.10 Å². The Morgan fingerprint density at radius 1 is 1.10 bits per heavy atom. The number of hydrogen-bond donors (Lipinski definition) is 0. The van der Waals surface area contributed by atoms with Gasteiger partial charge in [0, 0.05) is 19.2 Å². The number of carbonyl (C=O) groups is 1. The molecule has 1 atom stereocenters. The number of benzene rings is 2. The first kappa shape index (κ1) is 22.8. The SMILES string of the molecule is COc1ccc(N(C(C)C(=O)N(C)Cc2ccccc2OC)S(C)(=O)=O)cc1Cl. The zero-order chi connectivity index (χ0) is 21.8. The lowest BCUT2D eigenvalue weighted by atomic mass is 10.1. The third-order valence-corrected chi connectivity index (χ3v) is 5.97. The van der Waals surface area contributed by atoms with Crippen molar-refractivity contribution >= 4 is 33.2 Å². The third kappa shape index (κ3) is 5.33. The Morgan fingerprint density at radius 2 is 1.72 bits per heavy atom. The molecule has 2 rings (SSSR count). The Balaban J connectivity index is 2.32. The van der Waals surface area contributed by atoms with Crippen LogP contribution in [0.5, 0.6) is 11.5 Å². The number of likely N-dealkylation sites (N-methyl/N-ethyl adjacent to an activating group) is 1. The van der Waals surface area contributed by atoms with Crippen molar-refractivity contribution in [1.82, 2.24) is 4.90 Å². The highest BCUT2D eigenvalue weighted by molar-refractivity contribution is 7.92. The van der Waals surface area contributed by atoms with Crippen molar-refractivity contribution in [3.8, 4) is 11.5 Å². The molecular formula is C20H25ClN2O5S. The second-order valence-electron chi connectivity index (χ2n) is 6.56. The highest BCUT2D eigenvalue weighted by atomic mass is 35.5. The Labute approximate surface area is 176 Å². The smallest absolute Gasteiger partial charge is 0.246 e. The van der Waals surface area contributed by atoms with E-state index in [1.165, 1.54) is 18.1 Å². The number of sulfonamides is 1. The number of amides is 1. The van der Waals surface area contributed by atoms with Crippen molar-refractivity contribution in [1.29, 1.82) is 0 Å². The predicted molar refractivity (Wildman–Crippen MR) is 114 cm³/mol. The molecule has 1 amide bonds. The molecule has 0 bridgehead atoms. The van der Waals surface area contributed by atoms with Crippen LogP contribution in [0.15, 0.2) is 42.5 Å². The van der Waals surface area contributed by atoms with E-state index in [-0.39, 0.29) is 23.2 Å². The number of para-hydroxylation sites is 1. The summed E-state index contributed by atoms with van der Waals surface area (Å²) in [5, 5.41) is 0.251. The van der Waals surface area contributed by atoms with E-state index in [1.54, 1.807) is 39.3 Å². The van der Waals surface area contributed by atoms with Gasteiger partial charge in [-0.25, -0.2) is 8.42 Å². The van der Waals surface area contributed by atoms with Gasteiger partial charge in [-0.1, -0.05) is 29.8 Å². The van der Waals surface area contributed by atoms with Gasteiger partial charge >= 0.3 is 0 Å². The van der Waals surface area contributed by atoms with Crippen molar-refractivity contribution in [3.63, 3.8) is 0 Å². The third-order valence-electron chi connectivity index (χ3n) is 4.43. The molecule has 0 aliphatic heterocycles. The number of halogens is 1. The fourth-order valence-electron chi connectivity index (χ4n) is 3.08. The van der Waals surface area contributed by atoms with Crippen molar-refractivity contribution in [2.24, 2.45) is 0 Å². The van der Waals surface area contributed by atoms with E-state index in [1.807, 2.05) is 18.2 Å². The van der Waals surface area contributed by atoms with Crippen LogP contribution < -0.4 is 13.8 Å². The normalized spacial score (nSPS) is 12.2. The molecule has 29 heavy (non-hydrogen) atoms. The first-order chi connectivity index (χ1) is 13.6. The summed E-state index contributed by atoms with van der Waals surface area (Å²) in [6.07, 6.45) is 1.05. The molecule has 2 aromatic rings. The van der Waals surface area contributed by atoms with Gasteiger partial charge in [0.15, 0.2) is 0 Å². The molecule has 0 heterocycles. The molecule has 0 aliphatic carbocycles. The van der Waals surface area contributed by atoms with Gasteiger partial charge in [0.25, 0.3) is 0 Å². The molecule has 0 aliphatic rings. The standard InChI is InChI=1S/C20H25ClN2O5S/c1-14(20(24)22(2)13-15-8-6-7-9-18(15)27-3)23(29(5,25)26)16-10-11-19(28-4)17(21)12-16/h6-12,14H,13H2,1-5H3. The number of nitrogens with zero attached hydrogens (tertiary/aromatic N) is 2. The average Bonchev–Trinajstić information content (AvgIpc) is 2.66. The van der Waals surface area contributed by atoms with Crippen LogP contribution in [0.4, 0.5) is 5.69 Å². The van der Waals surface area contributed by atoms with E-state index in [0.29, 0.717) is 11.5 Å². The Bertz CT molecular complexity index is 981. The van der Waals surface area contributed by atoms with E-state index >= 15 is 0 Å². The highest BCUT2D eigenvalue weighted by Gasteiger charge is 2.31. The minimum atomic E-state index is -3.76. The van der Waals surface area contributed by atoms with E-state index < -0.39 is 16.1 Å². The molecule has 158 valence electrons. The zero-order valence-corrected chi connectivity index (χ0v) is 18.6. The lowest BCUT2D eigenvalue weighted by Crippen LogP contribution is -2.48. The van der Waals surface area contributed by atoms with Crippen LogP contribution in [-0.4, -0.2) is 52.8 Å². The van der Waals surface area contributed by atoms with Crippen LogP contribution in [0.3, 0.4) is 0 Å². The van der Waals surface area contributed by atoms with E-state index in [2.05, 4.69) is 0 Å². The van der Waals surface area contributed by atoms with Crippen molar-refractivity contribution in [2.45, 2.75) is 19.5 Å². The van der Waals surface area contributed by atoms with Crippen molar-refractivity contribution in [2.75, 3.05) is 31.8 Å². The van der Waals surface area contributed by atoms with Gasteiger partial charge in [-0.2, -0.15) is 0 Å². The molecule has 0 saturated heterocycles. The molecule has 9 heteroatoms. The molecule has 2 aromatic carbocycles. The summed E-state index contributed by atoms with van der Waals surface area (Å²) in [4.78, 5) is 14.5. The number of anilines is 1. The van der Waals surface area contributed by atoms with E-state index in [0.717, 1.165) is 16.1 Å². The maximum atomic E-state index is 13.0. The summed E-state index contributed by atoms with van der Waals surface area (Å²) in [6.45, 7) is 1.81. The lowest BCUT2D eigenvalue weighted by Gasteiger charge is -2.31. The second kappa shape index (κ2) is 9.37. The Kier molecular flexibility index (Phi) is 7.37. The van der Waals surface area contributed by atoms with E-state index in [9.17, 15) is 13.2 Å². The summed E-state index contributed by atoms with van der Waals surface area (Å²) >= 11 is 6.16. The lowest BCUT2D eigenvalue weighted by molar-refractivity contribution is -0.131. The van der Waals surface area contributed by atoms with E-state index in [4.69, 9.17) is 21.1 Å². The number of methoxy groups -OCH3 is 2. The van der Waals surface area contributed by atoms with Crippen LogP contribution in [0.1, 0.15) is 12.5 Å². The molecule has 1 unspecified atom stereocenters. The maximum Gasteiger partial charge on any atom is 0.246 e. The number of carbonyl (C=O) groups excluding carboxylic acids is 1. The summed E-state index contributed by atoms with van der Waals surface area (Å²) in [6, 6.07) is 10.9. The molecule has 0 fully saturated rings. The monoisotopic (exact) mass is 440 g/mol. The van der Waals surface area contributed by atoms with Crippen molar-refractivity contribution < 1.29 is 22.7 Å². The van der Waals surface area contributed by atoms with Gasteiger partial charge in [0.05, 0.1) is 31.2 Å². The highest BCUT2D eigenvalue weighted by Crippen LogP contribution is 2.31. The molecule has 7 nitrogen and oxygen atoms in total. The maximum absolute atomic E-state index is 13.0. The number of hydrogen-bond acceptors (Lipinski definition) is 5. The van der Waals surface area contributed by atoms with Crippen molar-refractivity contribution in [3.05, 3.63) is 53.1 Å². The van der Waals surface area contributed by atoms with Crippen LogP contribution >= 0.6 is 11.6 Å². The minimum absolute atomic E-state index is 0.251. The minimum Gasteiger partial charge on any atom is -0.496 e. The molecule has 0 radical (unpaired) electrons. The van der Waals surface area contributed by atoms with Gasteiger partial charge in [0.2, 0.25) is 15.9 Å². The first-order valence-electron chi connectivity index (χ1n) is 8.80. The first-order valence-corrected chi connectivity index (χ1v) is 11.0. The summed E-state index contributed by atoms with van der Waals surface area (Å²) in [5.41, 5.74) is 1.10. The number of ether oxygens (including phenoxy) is 2. The molecular weight excluding hydrogens is 416 g/mol. The van der Waals surface area contributed by atoms with Gasteiger partial charge < -0.3 is 14.4 Å². The molecule has 0 spiro atoms. The summed E-state index contributed by atoms with van der Waals surface area (Å²) < 4.78 is 36.5. The second-order valence-corrected chi connectivity index (χ2v) is 8.83. The Hall–Kier alpha value is -2.45. The summed E-state index contributed by atoms with van der Waals surface area (Å²) in [5.74, 6) is 0.700. The average molecular weight is 441 g/mol. The predicted octanol–water partition coefficient (Wildman–Crippen LogP) is 3.17. The molecule has 0 aromatic heterocycles. The fourth-order valence-corrected chi connectivity index (χ4v) is 4.49. The topological polar surface area (TPSA) is 76.2 Å². The van der Waals surface area contributed by atoms with Crippen LogP contribution in [-0.2, 0) is 21.4 Å².